The van der Waals surface area contributed by atoms with Crippen LogP contribution in [0.3, 0.4) is 0 Å². The average molecular weight is 368 g/mol. The molecule has 5 rings (SSSR count). The summed E-state index contributed by atoms with van der Waals surface area (Å²) in [5, 5.41) is 2.76. The first-order valence-electron chi connectivity index (χ1n) is 8.62. The van der Waals surface area contributed by atoms with Crippen molar-refractivity contribution in [3.63, 3.8) is 0 Å². The summed E-state index contributed by atoms with van der Waals surface area (Å²) in [7, 11) is 0. The second-order valence-corrected chi connectivity index (χ2v) is 6.43. The van der Waals surface area contributed by atoms with Crippen LogP contribution in [0, 0.1) is 0 Å². The molecule has 0 radical (unpaired) electrons. The van der Waals surface area contributed by atoms with Gasteiger partial charge in [0, 0.05) is 13.1 Å². The number of fused-ring (bicyclic) bond motifs is 2. The van der Waals surface area contributed by atoms with Crippen LogP contribution in [0.1, 0.15) is 12.5 Å². The van der Waals surface area contributed by atoms with Crippen molar-refractivity contribution in [2.24, 2.45) is 0 Å². The molecule has 1 saturated heterocycles. The lowest BCUT2D eigenvalue weighted by molar-refractivity contribution is 0.171. The van der Waals surface area contributed by atoms with Gasteiger partial charge in [0.2, 0.25) is 6.79 Å². The summed E-state index contributed by atoms with van der Waals surface area (Å²) >= 11 is 0. The number of amides is 2. The van der Waals surface area contributed by atoms with Crippen LogP contribution in [0.2, 0.25) is 0 Å². The van der Waals surface area contributed by atoms with Gasteiger partial charge in [-0.15, -0.1) is 0 Å². The van der Waals surface area contributed by atoms with Crippen LogP contribution in [-0.4, -0.2) is 40.4 Å². The lowest BCUT2D eigenvalue weighted by Gasteiger charge is -2.17. The maximum Gasteiger partial charge on any atom is 0.420 e. The number of ether oxygens (including phenoxy) is 2. The number of nitrogens with one attached hydrogen (secondary N) is 1. The molecule has 1 atom stereocenters. The SMILES string of the molecule is O=C(Nc1ccc2c(n1)OCO2)N1CCC(n2c(=O)oc3ccccc32)C1. The van der Waals surface area contributed by atoms with Gasteiger partial charge in [-0.3, -0.25) is 9.88 Å². The molecule has 0 bridgehead atoms. The van der Waals surface area contributed by atoms with Gasteiger partial charge < -0.3 is 18.8 Å². The molecular weight excluding hydrogens is 352 g/mol. The fraction of sp³-hybridized carbons (Fsp3) is 0.278. The Morgan fingerprint density at radius 3 is 3.00 bits per heavy atom. The van der Waals surface area contributed by atoms with Crippen LogP contribution in [0.25, 0.3) is 11.1 Å². The Labute approximate surface area is 153 Å². The van der Waals surface area contributed by atoms with Gasteiger partial charge in [-0.05, 0) is 30.7 Å². The molecule has 2 aliphatic heterocycles. The summed E-state index contributed by atoms with van der Waals surface area (Å²) in [6, 6.07) is 10.3. The van der Waals surface area contributed by atoms with E-state index in [-0.39, 0.29) is 18.9 Å². The van der Waals surface area contributed by atoms with Crippen molar-refractivity contribution >= 4 is 22.9 Å². The number of hydrogen-bond acceptors (Lipinski definition) is 6. The first-order valence-corrected chi connectivity index (χ1v) is 8.62. The van der Waals surface area contributed by atoms with E-state index in [4.69, 9.17) is 13.9 Å². The lowest BCUT2D eigenvalue weighted by atomic mass is 10.2. The van der Waals surface area contributed by atoms with Gasteiger partial charge in [-0.2, -0.15) is 4.98 Å². The number of nitrogens with zero attached hydrogens (tertiary/aromatic N) is 3. The Kier molecular flexibility index (Phi) is 3.52. The number of rotatable bonds is 2. The minimum absolute atomic E-state index is 0.126. The van der Waals surface area contributed by atoms with Gasteiger partial charge in [-0.1, -0.05) is 12.1 Å². The number of urea groups is 1. The molecule has 1 unspecified atom stereocenters. The molecule has 1 N–H and O–H groups in total. The van der Waals surface area contributed by atoms with E-state index < -0.39 is 5.76 Å². The van der Waals surface area contributed by atoms with Crippen LogP contribution in [0.4, 0.5) is 10.6 Å². The maximum absolute atomic E-state index is 12.6. The second kappa shape index (κ2) is 6.04. The van der Waals surface area contributed by atoms with Crippen LogP contribution in [0.5, 0.6) is 11.6 Å². The zero-order chi connectivity index (χ0) is 18.4. The molecule has 2 aromatic heterocycles. The summed E-state index contributed by atoms with van der Waals surface area (Å²) in [6.45, 7) is 1.08. The van der Waals surface area contributed by atoms with E-state index in [9.17, 15) is 9.59 Å². The number of carbonyl (C=O) groups is 1. The summed E-state index contributed by atoms with van der Waals surface area (Å²) in [6.07, 6.45) is 0.672. The predicted octanol–water partition coefficient (Wildman–Crippen LogP) is 2.20. The summed E-state index contributed by atoms with van der Waals surface area (Å²) in [4.78, 5) is 30.7. The molecule has 3 aromatic rings. The smallest absolute Gasteiger partial charge is 0.420 e. The first-order chi connectivity index (χ1) is 13.2. The largest absolute Gasteiger partial charge is 0.452 e. The van der Waals surface area contributed by atoms with E-state index >= 15 is 0 Å². The molecule has 1 aromatic carbocycles. The standard InChI is InChI=1S/C18H16N4O5/c23-17(20-15-6-5-14-16(19-15)26-10-25-14)21-8-7-11(9-21)22-12-3-1-2-4-13(12)27-18(22)24/h1-6,11H,7-10H2,(H,19,20,23). The third-order valence-electron chi connectivity index (χ3n) is 4.80. The molecule has 27 heavy (non-hydrogen) atoms. The quantitative estimate of drug-likeness (QED) is 0.744. The summed E-state index contributed by atoms with van der Waals surface area (Å²) in [5.74, 6) is 0.906. The Balaban J connectivity index is 1.32. The van der Waals surface area contributed by atoms with E-state index in [1.807, 2.05) is 18.2 Å². The number of benzene rings is 1. The fourth-order valence-corrected chi connectivity index (χ4v) is 3.51. The van der Waals surface area contributed by atoms with E-state index in [1.165, 1.54) is 0 Å². The van der Waals surface area contributed by atoms with E-state index in [0.29, 0.717) is 42.5 Å². The highest BCUT2D eigenvalue weighted by Crippen LogP contribution is 2.31. The monoisotopic (exact) mass is 368 g/mol. The summed E-state index contributed by atoms with van der Waals surface area (Å²) < 4.78 is 17.4. The molecule has 2 amide bonds. The van der Waals surface area contributed by atoms with Gasteiger partial charge >= 0.3 is 11.8 Å². The number of pyridine rings is 1. The normalized spacial score (nSPS) is 18.2. The molecule has 2 aliphatic rings. The molecule has 4 heterocycles. The van der Waals surface area contributed by atoms with Gasteiger partial charge in [-0.25, -0.2) is 9.59 Å². The summed E-state index contributed by atoms with van der Waals surface area (Å²) in [5.41, 5.74) is 1.29. The minimum atomic E-state index is -0.402. The topological polar surface area (TPSA) is 98.8 Å². The van der Waals surface area contributed by atoms with Crippen molar-refractivity contribution in [2.45, 2.75) is 12.5 Å². The predicted molar refractivity (Wildman–Crippen MR) is 95.1 cm³/mol. The number of para-hydroxylation sites is 2. The van der Waals surface area contributed by atoms with Crippen molar-refractivity contribution < 1.29 is 18.7 Å². The van der Waals surface area contributed by atoms with E-state index in [2.05, 4.69) is 10.3 Å². The Hall–Kier alpha value is -3.49. The van der Waals surface area contributed by atoms with Crippen molar-refractivity contribution in [1.29, 1.82) is 0 Å². The van der Waals surface area contributed by atoms with Gasteiger partial charge in [0.25, 0.3) is 5.88 Å². The van der Waals surface area contributed by atoms with Gasteiger partial charge in [0.1, 0.15) is 5.82 Å². The van der Waals surface area contributed by atoms with Gasteiger partial charge in [0.05, 0.1) is 11.6 Å². The molecule has 138 valence electrons. The minimum Gasteiger partial charge on any atom is -0.452 e. The maximum atomic E-state index is 12.6. The number of likely N-dealkylation sites (tertiary alicyclic amines) is 1. The number of anilines is 1. The molecule has 0 spiro atoms. The highest BCUT2D eigenvalue weighted by atomic mass is 16.7. The lowest BCUT2D eigenvalue weighted by Crippen LogP contribution is -2.34. The molecule has 9 nitrogen and oxygen atoms in total. The van der Waals surface area contributed by atoms with E-state index in [1.54, 1.807) is 27.7 Å². The van der Waals surface area contributed by atoms with Crippen LogP contribution >= 0.6 is 0 Å². The Bertz CT molecular complexity index is 1090. The zero-order valence-corrected chi connectivity index (χ0v) is 14.3. The molecular formula is C18H16N4O5. The van der Waals surface area contributed by atoms with Crippen molar-refractivity contribution in [3.8, 4) is 11.6 Å². The van der Waals surface area contributed by atoms with Gasteiger partial charge in [0.15, 0.2) is 11.3 Å². The zero-order valence-electron chi connectivity index (χ0n) is 14.3. The fourth-order valence-electron chi connectivity index (χ4n) is 3.51. The number of oxazole rings is 1. The molecule has 9 heteroatoms. The number of hydrogen-bond donors (Lipinski definition) is 1. The third-order valence-corrected chi connectivity index (χ3v) is 4.80. The number of aromatic nitrogens is 2. The van der Waals surface area contributed by atoms with Crippen molar-refractivity contribution in [2.75, 3.05) is 25.2 Å². The van der Waals surface area contributed by atoms with E-state index in [0.717, 1.165) is 5.52 Å². The third kappa shape index (κ3) is 2.67. The average Bonchev–Trinajstić information content (AvgIpc) is 3.38. The first kappa shape index (κ1) is 15.7. The highest BCUT2D eigenvalue weighted by Gasteiger charge is 2.30. The van der Waals surface area contributed by atoms with Crippen LogP contribution in [0.15, 0.2) is 45.6 Å². The molecule has 0 aliphatic carbocycles. The number of carbonyl (C=O) groups excluding carboxylic acids is 1. The highest BCUT2D eigenvalue weighted by molar-refractivity contribution is 5.88. The van der Waals surface area contributed by atoms with Crippen molar-refractivity contribution in [1.82, 2.24) is 14.5 Å². The second-order valence-electron chi connectivity index (χ2n) is 6.43. The molecule has 1 fully saturated rings. The van der Waals surface area contributed by atoms with Crippen LogP contribution < -0.4 is 20.5 Å². The Morgan fingerprint density at radius 1 is 1.19 bits per heavy atom. The molecule has 0 saturated carbocycles. The van der Waals surface area contributed by atoms with Crippen LogP contribution in [-0.2, 0) is 0 Å². The van der Waals surface area contributed by atoms with Crippen molar-refractivity contribution in [3.05, 3.63) is 46.9 Å². The Morgan fingerprint density at radius 2 is 2.07 bits per heavy atom.